The average Bonchev–Trinajstić information content (AvgIpc) is 3.24. The fourth-order valence-corrected chi connectivity index (χ4v) is 5.07. The van der Waals surface area contributed by atoms with Crippen molar-refractivity contribution in [2.75, 3.05) is 19.6 Å². The summed E-state index contributed by atoms with van der Waals surface area (Å²) in [4.78, 5) is 40.2. The molecular weight excluding hydrogens is 296 g/mol. The number of rotatable bonds is 4. The fraction of sp³-hybridized carbons (Fsp3) is 0.812. The first-order chi connectivity index (χ1) is 11.1. The van der Waals surface area contributed by atoms with Crippen LogP contribution in [0.15, 0.2) is 0 Å². The summed E-state index contributed by atoms with van der Waals surface area (Å²) in [7, 11) is 0. The third-order valence-corrected chi connectivity index (χ3v) is 5.99. The quantitative estimate of drug-likeness (QED) is 0.710. The lowest BCUT2D eigenvalue weighted by Crippen LogP contribution is -2.43. The van der Waals surface area contributed by atoms with E-state index in [1.54, 1.807) is 0 Å². The van der Waals surface area contributed by atoms with Crippen molar-refractivity contribution in [3.05, 3.63) is 0 Å². The first-order valence-corrected chi connectivity index (χ1v) is 8.75. The third-order valence-electron chi connectivity index (χ3n) is 5.99. The highest BCUT2D eigenvalue weighted by Gasteiger charge is 2.56. The van der Waals surface area contributed by atoms with Crippen LogP contribution in [0.3, 0.4) is 0 Å². The van der Waals surface area contributed by atoms with Crippen molar-refractivity contribution in [1.82, 2.24) is 20.4 Å². The predicted octanol–water partition coefficient (Wildman–Crippen LogP) is -0.0843. The topological polar surface area (TPSA) is 81.8 Å². The zero-order valence-electron chi connectivity index (χ0n) is 13.5. The van der Waals surface area contributed by atoms with Crippen LogP contribution in [-0.2, 0) is 9.59 Å². The molecule has 0 saturated carbocycles. The van der Waals surface area contributed by atoms with Gasteiger partial charge in [0, 0.05) is 31.7 Å². The van der Waals surface area contributed by atoms with Crippen LogP contribution in [0.1, 0.15) is 32.6 Å². The predicted molar refractivity (Wildman–Crippen MR) is 82.4 cm³/mol. The molecule has 126 valence electrons. The number of nitrogens with zero attached hydrogens (tertiary/aromatic N) is 2. The van der Waals surface area contributed by atoms with Gasteiger partial charge in [-0.2, -0.15) is 0 Å². The van der Waals surface area contributed by atoms with Crippen LogP contribution in [-0.4, -0.2) is 65.4 Å². The van der Waals surface area contributed by atoms with Gasteiger partial charge in [-0.25, -0.2) is 4.79 Å². The minimum Gasteiger partial charge on any atom is -0.336 e. The number of hydrogen-bond donors (Lipinski definition) is 2. The maximum atomic E-state index is 12.8. The van der Waals surface area contributed by atoms with Gasteiger partial charge in [-0.05, 0) is 31.1 Å². The first kappa shape index (κ1) is 14.9. The van der Waals surface area contributed by atoms with Gasteiger partial charge in [0.25, 0.3) is 5.91 Å². The molecule has 4 fully saturated rings. The van der Waals surface area contributed by atoms with Crippen LogP contribution >= 0.6 is 0 Å². The molecular formula is C16H24N4O3. The van der Waals surface area contributed by atoms with E-state index in [1.807, 2.05) is 11.8 Å². The van der Waals surface area contributed by atoms with Crippen LogP contribution in [0.25, 0.3) is 0 Å². The molecule has 2 bridgehead atoms. The van der Waals surface area contributed by atoms with Gasteiger partial charge in [0.2, 0.25) is 5.91 Å². The Morgan fingerprint density at radius 2 is 1.83 bits per heavy atom. The summed E-state index contributed by atoms with van der Waals surface area (Å²) in [5.41, 5.74) is 0. The number of urea groups is 1. The van der Waals surface area contributed by atoms with Crippen molar-refractivity contribution in [2.24, 2.45) is 11.8 Å². The van der Waals surface area contributed by atoms with Gasteiger partial charge in [0.05, 0.1) is 6.42 Å². The molecule has 5 atom stereocenters. The van der Waals surface area contributed by atoms with E-state index in [4.69, 9.17) is 0 Å². The Morgan fingerprint density at radius 1 is 1.17 bits per heavy atom. The molecule has 0 spiro atoms. The van der Waals surface area contributed by atoms with Gasteiger partial charge in [0.1, 0.15) is 6.04 Å². The van der Waals surface area contributed by atoms with Crippen molar-refractivity contribution >= 4 is 17.8 Å². The molecule has 0 aromatic heterocycles. The summed E-state index contributed by atoms with van der Waals surface area (Å²) in [6, 6.07) is -0.391. The number of amides is 4. The Kier molecular flexibility index (Phi) is 3.55. The number of fused-ring (bicyclic) bond motifs is 5. The Bertz CT molecular complexity index is 533. The van der Waals surface area contributed by atoms with Crippen LogP contribution in [0.5, 0.6) is 0 Å². The van der Waals surface area contributed by atoms with Crippen molar-refractivity contribution in [2.45, 2.75) is 50.7 Å². The van der Waals surface area contributed by atoms with E-state index in [1.165, 1.54) is 4.90 Å². The Balaban J connectivity index is 1.43. The van der Waals surface area contributed by atoms with E-state index >= 15 is 0 Å². The Labute approximate surface area is 135 Å². The molecule has 4 rings (SSSR count). The number of imide groups is 1. The number of hydrogen-bond acceptors (Lipinski definition) is 4. The summed E-state index contributed by atoms with van der Waals surface area (Å²) in [6.07, 6.45) is 2.98. The van der Waals surface area contributed by atoms with Gasteiger partial charge in [-0.15, -0.1) is 0 Å². The Hall–Kier alpha value is -1.63. The molecule has 0 radical (unpaired) electrons. The second kappa shape index (κ2) is 5.47. The maximum absolute atomic E-state index is 12.8. The van der Waals surface area contributed by atoms with E-state index in [0.717, 1.165) is 32.4 Å². The van der Waals surface area contributed by atoms with Gasteiger partial charge in [-0.1, -0.05) is 6.92 Å². The summed E-state index contributed by atoms with van der Waals surface area (Å²) in [5, 5.41) is 6.11. The van der Waals surface area contributed by atoms with E-state index in [0.29, 0.717) is 30.5 Å². The minimum absolute atomic E-state index is 0.0314. The SMILES string of the molecule is CCCN1C(=O)N[C@H](CC(=O)N2[C@@H]3CC[C@H]2[C@H]2CNC[C@H]23)C1=O. The smallest absolute Gasteiger partial charge is 0.324 e. The molecule has 2 N–H and O–H groups in total. The average molecular weight is 320 g/mol. The van der Waals surface area contributed by atoms with Crippen molar-refractivity contribution in [3.8, 4) is 0 Å². The molecule has 4 aliphatic heterocycles. The minimum atomic E-state index is -0.681. The highest BCUT2D eigenvalue weighted by Crippen LogP contribution is 2.47. The zero-order valence-corrected chi connectivity index (χ0v) is 13.5. The summed E-state index contributed by atoms with van der Waals surface area (Å²) >= 11 is 0. The molecule has 0 aliphatic carbocycles. The normalized spacial score (nSPS) is 38.4. The van der Waals surface area contributed by atoms with Gasteiger partial charge < -0.3 is 15.5 Å². The molecule has 7 heteroatoms. The molecule has 4 amide bonds. The molecule has 7 nitrogen and oxygen atoms in total. The monoisotopic (exact) mass is 320 g/mol. The second-order valence-corrected chi connectivity index (χ2v) is 7.20. The van der Waals surface area contributed by atoms with E-state index in [-0.39, 0.29) is 24.3 Å². The van der Waals surface area contributed by atoms with Gasteiger partial charge >= 0.3 is 6.03 Å². The summed E-state index contributed by atoms with van der Waals surface area (Å²) < 4.78 is 0. The van der Waals surface area contributed by atoms with Crippen molar-refractivity contribution < 1.29 is 14.4 Å². The molecule has 4 saturated heterocycles. The largest absolute Gasteiger partial charge is 0.336 e. The summed E-state index contributed by atoms with van der Waals surface area (Å²) in [6.45, 7) is 4.34. The zero-order chi connectivity index (χ0) is 16.1. The van der Waals surface area contributed by atoms with Crippen LogP contribution in [0, 0.1) is 11.8 Å². The van der Waals surface area contributed by atoms with Crippen molar-refractivity contribution in [1.29, 1.82) is 0 Å². The lowest BCUT2D eigenvalue weighted by molar-refractivity contribution is -0.137. The molecule has 23 heavy (non-hydrogen) atoms. The van der Waals surface area contributed by atoms with Gasteiger partial charge in [-0.3, -0.25) is 14.5 Å². The van der Waals surface area contributed by atoms with E-state index < -0.39 is 6.04 Å². The molecule has 4 heterocycles. The third kappa shape index (κ3) is 2.16. The fourth-order valence-electron chi connectivity index (χ4n) is 5.07. The standard InChI is InChI=1S/C16H24N4O3/c1-2-5-19-15(22)11(18-16(19)23)6-14(21)20-12-3-4-13(20)10-8-17-7-9(10)12/h9-13,17H,2-8H2,1H3,(H,18,23)/t9-,10+,11-,12-,13+/m1/s1. The lowest BCUT2D eigenvalue weighted by atomic mass is 9.82. The van der Waals surface area contributed by atoms with Crippen LogP contribution in [0.4, 0.5) is 4.79 Å². The van der Waals surface area contributed by atoms with E-state index in [2.05, 4.69) is 10.6 Å². The first-order valence-electron chi connectivity index (χ1n) is 8.75. The number of nitrogens with one attached hydrogen (secondary N) is 2. The van der Waals surface area contributed by atoms with E-state index in [9.17, 15) is 14.4 Å². The number of carbonyl (C=O) groups excluding carboxylic acids is 3. The maximum Gasteiger partial charge on any atom is 0.324 e. The Morgan fingerprint density at radius 3 is 2.43 bits per heavy atom. The molecule has 0 aromatic rings. The molecule has 0 aromatic carbocycles. The summed E-state index contributed by atoms with van der Waals surface area (Å²) in [5.74, 6) is 0.925. The lowest BCUT2D eigenvalue weighted by Gasteiger charge is -2.25. The van der Waals surface area contributed by atoms with Crippen molar-refractivity contribution in [3.63, 3.8) is 0 Å². The highest BCUT2D eigenvalue weighted by atomic mass is 16.2. The molecule has 4 aliphatic rings. The highest BCUT2D eigenvalue weighted by molar-refractivity contribution is 6.05. The number of carbonyl (C=O) groups is 3. The van der Waals surface area contributed by atoms with Crippen LogP contribution < -0.4 is 10.6 Å². The van der Waals surface area contributed by atoms with Crippen LogP contribution in [0.2, 0.25) is 0 Å². The molecule has 0 unspecified atom stereocenters. The van der Waals surface area contributed by atoms with Gasteiger partial charge in [0.15, 0.2) is 0 Å². The second-order valence-electron chi connectivity index (χ2n) is 7.20.